The van der Waals surface area contributed by atoms with Crippen LogP contribution in [-0.4, -0.2) is 42.1 Å². The fourth-order valence-electron chi connectivity index (χ4n) is 2.63. The van der Waals surface area contributed by atoms with Crippen LogP contribution in [0.4, 0.5) is 20.7 Å². The van der Waals surface area contributed by atoms with E-state index in [4.69, 9.17) is 0 Å². The van der Waals surface area contributed by atoms with Crippen LogP contribution in [0, 0.1) is 12.7 Å². The van der Waals surface area contributed by atoms with Crippen molar-refractivity contribution in [2.75, 3.05) is 36.4 Å². The summed E-state index contributed by atoms with van der Waals surface area (Å²) in [6, 6.07) is 10.2. The monoisotopic (exact) mass is 392 g/mol. The topological polar surface area (TPSA) is 48.5 Å². The van der Waals surface area contributed by atoms with Gasteiger partial charge in [-0.3, -0.25) is 0 Å². The first-order chi connectivity index (χ1) is 11.5. The lowest BCUT2D eigenvalue weighted by atomic mass is 10.3. The van der Waals surface area contributed by atoms with Gasteiger partial charge in [-0.2, -0.15) is 0 Å². The van der Waals surface area contributed by atoms with Crippen LogP contribution in [0.25, 0.3) is 0 Å². The molecule has 3 rings (SSSR count). The minimum Gasteiger partial charge on any atom is -0.353 e. The van der Waals surface area contributed by atoms with Crippen molar-refractivity contribution in [3.8, 4) is 0 Å². The normalized spacial score (nSPS) is 14.6. The van der Waals surface area contributed by atoms with Gasteiger partial charge < -0.3 is 15.1 Å². The van der Waals surface area contributed by atoms with Gasteiger partial charge in [0.25, 0.3) is 0 Å². The van der Waals surface area contributed by atoms with Crippen molar-refractivity contribution in [3.05, 3.63) is 52.4 Å². The zero-order chi connectivity index (χ0) is 17.1. The highest BCUT2D eigenvalue weighted by atomic mass is 79.9. The standard InChI is InChI=1S/C17H18BrFN4O/c1-12-3-2-4-16(20-12)22-7-9-23(10-8-22)17(24)21-15-6-5-13(18)11-14(15)19/h2-6,11H,7-10H2,1H3,(H,21,24). The third-order valence-electron chi connectivity index (χ3n) is 3.94. The van der Waals surface area contributed by atoms with Crippen LogP contribution < -0.4 is 10.2 Å². The van der Waals surface area contributed by atoms with Gasteiger partial charge in [0, 0.05) is 36.3 Å². The highest BCUT2D eigenvalue weighted by Gasteiger charge is 2.22. The number of urea groups is 1. The van der Waals surface area contributed by atoms with Gasteiger partial charge >= 0.3 is 6.03 Å². The second-order valence-electron chi connectivity index (χ2n) is 5.67. The molecule has 0 aliphatic carbocycles. The van der Waals surface area contributed by atoms with E-state index in [1.165, 1.54) is 6.07 Å². The minimum absolute atomic E-state index is 0.186. The SMILES string of the molecule is Cc1cccc(N2CCN(C(=O)Nc3ccc(Br)cc3F)CC2)n1. The third kappa shape index (κ3) is 3.84. The molecule has 1 N–H and O–H groups in total. The molecule has 1 aromatic heterocycles. The summed E-state index contributed by atoms with van der Waals surface area (Å²) in [5, 5.41) is 2.63. The van der Waals surface area contributed by atoms with Gasteiger partial charge in [-0.1, -0.05) is 22.0 Å². The van der Waals surface area contributed by atoms with Crippen molar-refractivity contribution in [1.82, 2.24) is 9.88 Å². The molecule has 0 spiro atoms. The number of anilines is 2. The van der Waals surface area contributed by atoms with Crippen LogP contribution in [0.1, 0.15) is 5.69 Å². The molecule has 0 saturated carbocycles. The maximum absolute atomic E-state index is 13.8. The van der Waals surface area contributed by atoms with Gasteiger partial charge in [-0.05, 0) is 37.3 Å². The Labute approximate surface area is 148 Å². The second kappa shape index (κ2) is 7.17. The Balaban J connectivity index is 1.59. The molecule has 2 amide bonds. The molecule has 0 unspecified atom stereocenters. The van der Waals surface area contributed by atoms with Crippen LogP contribution in [0.2, 0.25) is 0 Å². The van der Waals surface area contributed by atoms with E-state index in [0.717, 1.165) is 11.5 Å². The quantitative estimate of drug-likeness (QED) is 0.848. The summed E-state index contributed by atoms with van der Waals surface area (Å²) in [4.78, 5) is 20.6. The van der Waals surface area contributed by atoms with Crippen LogP contribution >= 0.6 is 15.9 Å². The Morgan fingerprint density at radius 1 is 1.21 bits per heavy atom. The molecule has 7 heteroatoms. The molecule has 1 aromatic carbocycles. The Morgan fingerprint density at radius 2 is 1.96 bits per heavy atom. The zero-order valence-corrected chi connectivity index (χ0v) is 14.9. The molecule has 0 atom stereocenters. The van der Waals surface area contributed by atoms with Crippen molar-refractivity contribution in [3.63, 3.8) is 0 Å². The van der Waals surface area contributed by atoms with E-state index in [1.807, 2.05) is 25.1 Å². The highest BCUT2D eigenvalue weighted by molar-refractivity contribution is 9.10. The van der Waals surface area contributed by atoms with Gasteiger partial charge in [-0.15, -0.1) is 0 Å². The van der Waals surface area contributed by atoms with E-state index in [9.17, 15) is 9.18 Å². The van der Waals surface area contributed by atoms with Gasteiger partial charge in [0.05, 0.1) is 5.69 Å². The number of pyridine rings is 1. The van der Waals surface area contributed by atoms with Gasteiger partial charge in [0.15, 0.2) is 0 Å². The number of amides is 2. The predicted molar refractivity (Wildman–Crippen MR) is 95.9 cm³/mol. The number of aryl methyl sites for hydroxylation is 1. The van der Waals surface area contributed by atoms with E-state index >= 15 is 0 Å². The number of carbonyl (C=O) groups excluding carboxylic acids is 1. The Morgan fingerprint density at radius 3 is 2.62 bits per heavy atom. The van der Waals surface area contributed by atoms with Gasteiger partial charge in [-0.25, -0.2) is 14.2 Å². The number of benzene rings is 1. The molecule has 2 heterocycles. The first-order valence-corrected chi connectivity index (χ1v) is 8.52. The number of carbonyl (C=O) groups is 1. The average molecular weight is 393 g/mol. The number of piperazine rings is 1. The lowest BCUT2D eigenvalue weighted by molar-refractivity contribution is 0.208. The molecule has 24 heavy (non-hydrogen) atoms. The molecule has 2 aromatic rings. The molecule has 126 valence electrons. The van der Waals surface area contributed by atoms with Crippen molar-refractivity contribution >= 4 is 33.5 Å². The number of nitrogens with zero attached hydrogens (tertiary/aromatic N) is 3. The van der Waals surface area contributed by atoms with Crippen LogP contribution in [-0.2, 0) is 0 Å². The van der Waals surface area contributed by atoms with Crippen molar-refractivity contribution in [2.45, 2.75) is 6.92 Å². The van der Waals surface area contributed by atoms with E-state index < -0.39 is 5.82 Å². The van der Waals surface area contributed by atoms with Crippen molar-refractivity contribution in [1.29, 1.82) is 0 Å². The fourth-order valence-corrected chi connectivity index (χ4v) is 2.96. The summed E-state index contributed by atoms with van der Waals surface area (Å²) in [6.07, 6.45) is 0. The molecule has 1 aliphatic heterocycles. The summed E-state index contributed by atoms with van der Waals surface area (Å²) < 4.78 is 14.5. The summed E-state index contributed by atoms with van der Waals surface area (Å²) in [5.41, 5.74) is 1.16. The maximum atomic E-state index is 13.8. The maximum Gasteiger partial charge on any atom is 0.322 e. The Bertz CT molecular complexity index is 747. The van der Waals surface area contributed by atoms with Crippen LogP contribution in [0.15, 0.2) is 40.9 Å². The molecular formula is C17H18BrFN4O. The summed E-state index contributed by atoms with van der Waals surface area (Å²) in [7, 11) is 0. The summed E-state index contributed by atoms with van der Waals surface area (Å²) >= 11 is 3.20. The second-order valence-corrected chi connectivity index (χ2v) is 6.58. The lowest BCUT2D eigenvalue weighted by Crippen LogP contribution is -2.50. The number of hydrogen-bond donors (Lipinski definition) is 1. The van der Waals surface area contributed by atoms with Gasteiger partial charge in [0.2, 0.25) is 0 Å². The zero-order valence-electron chi connectivity index (χ0n) is 13.3. The molecule has 0 bridgehead atoms. The van der Waals surface area contributed by atoms with E-state index in [2.05, 4.69) is 31.1 Å². The van der Waals surface area contributed by atoms with E-state index in [0.29, 0.717) is 30.7 Å². The molecule has 1 saturated heterocycles. The van der Waals surface area contributed by atoms with Crippen molar-refractivity contribution in [2.24, 2.45) is 0 Å². The highest BCUT2D eigenvalue weighted by Crippen LogP contribution is 2.20. The van der Waals surface area contributed by atoms with E-state index in [1.54, 1.807) is 17.0 Å². The number of halogens is 2. The minimum atomic E-state index is -0.458. The molecule has 1 aliphatic rings. The predicted octanol–water partition coefficient (Wildman–Crippen LogP) is 3.65. The first kappa shape index (κ1) is 16.7. The number of rotatable bonds is 2. The number of aromatic nitrogens is 1. The smallest absolute Gasteiger partial charge is 0.322 e. The molecular weight excluding hydrogens is 375 g/mol. The summed E-state index contributed by atoms with van der Waals surface area (Å²) in [5.74, 6) is 0.467. The molecule has 5 nitrogen and oxygen atoms in total. The van der Waals surface area contributed by atoms with E-state index in [-0.39, 0.29) is 11.7 Å². The van der Waals surface area contributed by atoms with Crippen LogP contribution in [0.3, 0.4) is 0 Å². The van der Waals surface area contributed by atoms with Crippen molar-refractivity contribution < 1.29 is 9.18 Å². The fraction of sp³-hybridized carbons (Fsp3) is 0.294. The molecule has 1 fully saturated rings. The number of hydrogen-bond acceptors (Lipinski definition) is 3. The Kier molecular flexibility index (Phi) is 4.99. The lowest BCUT2D eigenvalue weighted by Gasteiger charge is -2.35. The molecule has 0 radical (unpaired) electrons. The Hall–Kier alpha value is -2.15. The summed E-state index contributed by atoms with van der Waals surface area (Å²) in [6.45, 7) is 4.50. The third-order valence-corrected chi connectivity index (χ3v) is 4.43. The largest absolute Gasteiger partial charge is 0.353 e. The van der Waals surface area contributed by atoms with Gasteiger partial charge in [0.1, 0.15) is 11.6 Å². The van der Waals surface area contributed by atoms with Crippen LogP contribution in [0.5, 0.6) is 0 Å². The first-order valence-electron chi connectivity index (χ1n) is 7.72. The average Bonchev–Trinajstić information content (AvgIpc) is 2.57. The number of nitrogens with one attached hydrogen (secondary N) is 1.